The third kappa shape index (κ3) is 5.27. The first kappa shape index (κ1) is 30.7. The number of fused-ring (bicyclic) bond motifs is 4. The van der Waals surface area contributed by atoms with E-state index in [1.807, 2.05) is 22.7 Å². The van der Waals surface area contributed by atoms with E-state index in [4.69, 9.17) is 0 Å². The summed E-state index contributed by atoms with van der Waals surface area (Å²) < 4.78 is 1.31. The first-order chi connectivity index (χ1) is 25.8. The maximum atomic E-state index is 2.40. The molecule has 0 radical (unpaired) electrons. The highest BCUT2D eigenvalue weighted by Crippen LogP contribution is 2.54. The molecule has 0 bridgehead atoms. The topological polar surface area (TPSA) is 0 Å². The van der Waals surface area contributed by atoms with Gasteiger partial charge in [0.15, 0.2) is 0 Å². The van der Waals surface area contributed by atoms with Gasteiger partial charge in [0.25, 0.3) is 0 Å². The zero-order valence-corrected chi connectivity index (χ0v) is 29.9. The van der Waals surface area contributed by atoms with E-state index in [1.54, 1.807) is 0 Å². The Morgan fingerprint density at radius 3 is 1.58 bits per heavy atom. The van der Waals surface area contributed by atoms with Gasteiger partial charge in [-0.3, -0.25) is 0 Å². The van der Waals surface area contributed by atoms with Gasteiger partial charge >= 0.3 is 0 Å². The lowest BCUT2D eigenvalue weighted by molar-refractivity contribution is 1.65. The summed E-state index contributed by atoms with van der Waals surface area (Å²) in [7, 11) is 0. The molecule has 0 aliphatic carbocycles. The third-order valence-electron chi connectivity index (χ3n) is 10.1. The van der Waals surface area contributed by atoms with E-state index in [-0.39, 0.29) is 0 Å². The van der Waals surface area contributed by atoms with Gasteiger partial charge in [-0.05, 0) is 84.8 Å². The van der Waals surface area contributed by atoms with Gasteiger partial charge in [-0.25, -0.2) is 0 Å². The van der Waals surface area contributed by atoms with Crippen LogP contribution in [0.5, 0.6) is 0 Å². The summed E-state index contributed by atoms with van der Waals surface area (Å²) in [4.78, 5) is 3.85. The highest BCUT2D eigenvalue weighted by Gasteiger charge is 2.25. The molecular formula is C50H32S2. The van der Waals surface area contributed by atoms with Gasteiger partial charge in [0.1, 0.15) is 0 Å². The Bertz CT molecular complexity index is 2880. The van der Waals surface area contributed by atoms with Crippen LogP contribution in [0, 0.1) is 0 Å². The van der Waals surface area contributed by atoms with Gasteiger partial charge in [-0.1, -0.05) is 170 Å². The molecule has 0 amide bonds. The standard InChI is InChI=1S/C50H32S2/c1-4-16-34(17-5-1)43-29-30-44(51-43)38-23-14-24-40(32-38)49-47(36-20-8-3-9-21-36)48-42-26-13-12-25-41(42)45(39-28-27-33-15-10-11-22-37(33)31-39)46(50(48)52-49)35-18-6-2-7-19-35/h1-32H. The summed E-state index contributed by atoms with van der Waals surface area (Å²) >= 11 is 3.78. The number of thiophene rings is 2. The predicted octanol–water partition coefficient (Wildman–Crippen LogP) is 15.3. The number of hydrogen-bond donors (Lipinski definition) is 0. The molecular weight excluding hydrogens is 665 g/mol. The van der Waals surface area contributed by atoms with Gasteiger partial charge in [0, 0.05) is 35.8 Å². The van der Waals surface area contributed by atoms with E-state index >= 15 is 0 Å². The smallest absolute Gasteiger partial charge is 0.0446 e. The molecule has 8 aromatic carbocycles. The molecule has 52 heavy (non-hydrogen) atoms. The van der Waals surface area contributed by atoms with Crippen LogP contribution < -0.4 is 0 Å². The summed E-state index contributed by atoms with van der Waals surface area (Å²) in [6, 6.07) is 71.0. The van der Waals surface area contributed by atoms with Crippen LogP contribution in [0.3, 0.4) is 0 Å². The van der Waals surface area contributed by atoms with Crippen LogP contribution in [0.2, 0.25) is 0 Å². The van der Waals surface area contributed by atoms with Crippen LogP contribution in [0.1, 0.15) is 0 Å². The summed E-state index contributed by atoms with van der Waals surface area (Å²) in [6.07, 6.45) is 0. The first-order valence-corrected chi connectivity index (χ1v) is 19.3. The van der Waals surface area contributed by atoms with Crippen LogP contribution in [-0.2, 0) is 0 Å². The van der Waals surface area contributed by atoms with Crippen molar-refractivity contribution in [1.29, 1.82) is 0 Å². The Morgan fingerprint density at radius 1 is 0.288 bits per heavy atom. The van der Waals surface area contributed by atoms with Crippen molar-refractivity contribution in [3.63, 3.8) is 0 Å². The van der Waals surface area contributed by atoms with Crippen LogP contribution >= 0.6 is 22.7 Å². The maximum absolute atomic E-state index is 2.40. The molecule has 2 heterocycles. The van der Waals surface area contributed by atoms with E-state index < -0.39 is 0 Å². The lowest BCUT2D eigenvalue weighted by atomic mass is 9.85. The lowest BCUT2D eigenvalue weighted by Gasteiger charge is -2.18. The minimum Gasteiger partial charge on any atom is -0.135 e. The monoisotopic (exact) mass is 696 g/mol. The molecule has 0 spiro atoms. The second kappa shape index (κ2) is 12.9. The molecule has 2 heteroatoms. The van der Waals surface area contributed by atoms with Crippen molar-refractivity contribution in [2.24, 2.45) is 0 Å². The Labute approximate surface area is 311 Å². The van der Waals surface area contributed by atoms with Crippen molar-refractivity contribution in [2.75, 3.05) is 0 Å². The molecule has 0 N–H and O–H groups in total. The Hall–Kier alpha value is -6.06. The van der Waals surface area contributed by atoms with Crippen molar-refractivity contribution in [2.45, 2.75) is 0 Å². The fourth-order valence-corrected chi connectivity index (χ4v) is 10.1. The molecule has 0 nitrogen and oxygen atoms in total. The quantitative estimate of drug-likeness (QED) is 0.162. The summed E-state index contributed by atoms with van der Waals surface area (Å²) in [5, 5.41) is 6.37. The Balaban J connectivity index is 1.28. The Kier molecular flexibility index (Phi) is 7.64. The molecule has 10 rings (SSSR count). The number of benzene rings is 8. The molecule has 2 aromatic heterocycles. The van der Waals surface area contributed by atoms with Crippen molar-refractivity contribution in [3.8, 4) is 64.7 Å². The van der Waals surface area contributed by atoms with Gasteiger partial charge in [-0.2, -0.15) is 0 Å². The molecule has 0 atom stereocenters. The van der Waals surface area contributed by atoms with E-state index in [1.165, 1.54) is 96.3 Å². The molecule has 0 saturated carbocycles. The van der Waals surface area contributed by atoms with Gasteiger partial charge in [0.2, 0.25) is 0 Å². The second-order valence-corrected chi connectivity index (χ2v) is 15.3. The lowest BCUT2D eigenvalue weighted by Crippen LogP contribution is -1.91. The molecule has 0 aliphatic heterocycles. The van der Waals surface area contributed by atoms with E-state index in [0.29, 0.717) is 0 Å². The predicted molar refractivity (Wildman–Crippen MR) is 227 cm³/mol. The van der Waals surface area contributed by atoms with Crippen molar-refractivity contribution in [1.82, 2.24) is 0 Å². The van der Waals surface area contributed by atoms with Crippen molar-refractivity contribution >= 4 is 54.3 Å². The van der Waals surface area contributed by atoms with Gasteiger partial charge in [-0.15, -0.1) is 22.7 Å². The Morgan fingerprint density at radius 2 is 0.846 bits per heavy atom. The largest absolute Gasteiger partial charge is 0.135 e. The van der Waals surface area contributed by atoms with E-state index in [2.05, 4.69) is 194 Å². The summed E-state index contributed by atoms with van der Waals surface area (Å²) in [5.41, 5.74) is 11.3. The SMILES string of the molecule is c1ccc(-c2ccc(-c3cccc(-c4sc5c(-c6ccccc6)c(-c6ccc7ccccc7c6)c6ccccc6c5c4-c4ccccc4)c3)s2)cc1. The minimum absolute atomic E-state index is 1.23. The molecule has 10 aromatic rings. The van der Waals surface area contributed by atoms with Crippen molar-refractivity contribution in [3.05, 3.63) is 194 Å². The average Bonchev–Trinajstić information content (AvgIpc) is 3.88. The van der Waals surface area contributed by atoms with Crippen LogP contribution in [-0.4, -0.2) is 0 Å². The highest BCUT2D eigenvalue weighted by molar-refractivity contribution is 7.24. The normalized spacial score (nSPS) is 11.5. The maximum Gasteiger partial charge on any atom is 0.0446 e. The zero-order valence-electron chi connectivity index (χ0n) is 28.3. The summed E-state index contributed by atoms with van der Waals surface area (Å²) in [6.45, 7) is 0. The summed E-state index contributed by atoms with van der Waals surface area (Å²) in [5.74, 6) is 0. The van der Waals surface area contributed by atoms with E-state index in [9.17, 15) is 0 Å². The number of hydrogen-bond acceptors (Lipinski definition) is 2. The van der Waals surface area contributed by atoms with Gasteiger partial charge < -0.3 is 0 Å². The third-order valence-corrected chi connectivity index (χ3v) is 12.5. The van der Waals surface area contributed by atoms with E-state index in [0.717, 1.165) is 0 Å². The first-order valence-electron chi connectivity index (χ1n) is 17.7. The number of rotatable bonds is 6. The van der Waals surface area contributed by atoms with Crippen LogP contribution in [0.25, 0.3) is 96.3 Å². The fourth-order valence-electron chi connectivity index (χ4n) is 7.70. The van der Waals surface area contributed by atoms with Gasteiger partial charge in [0.05, 0.1) is 0 Å². The highest BCUT2D eigenvalue weighted by atomic mass is 32.1. The van der Waals surface area contributed by atoms with Crippen LogP contribution in [0.15, 0.2) is 194 Å². The average molecular weight is 697 g/mol. The molecule has 0 saturated heterocycles. The molecule has 244 valence electrons. The van der Waals surface area contributed by atoms with Crippen LogP contribution in [0.4, 0.5) is 0 Å². The second-order valence-electron chi connectivity index (χ2n) is 13.2. The minimum atomic E-state index is 1.23. The fraction of sp³-hybridized carbons (Fsp3) is 0. The molecule has 0 unspecified atom stereocenters. The molecule has 0 aliphatic rings. The van der Waals surface area contributed by atoms with Crippen molar-refractivity contribution < 1.29 is 0 Å². The zero-order chi connectivity index (χ0) is 34.4. The molecule has 0 fully saturated rings.